The molecule has 0 aliphatic heterocycles. The third-order valence-corrected chi connectivity index (χ3v) is 2.93. The molecular weight excluding hydrogens is 410 g/mol. The van der Waals surface area contributed by atoms with Crippen LogP contribution in [-0.2, 0) is 4.79 Å². The molecule has 0 spiro atoms. The molecule has 0 saturated heterocycles. The predicted octanol–water partition coefficient (Wildman–Crippen LogP) is 3.16. The number of carbonyl (C=O) groups excluding carboxylic acids is 1. The Bertz CT molecular complexity index is 393. The fraction of sp³-hybridized carbons (Fsp3) is 0.111. The maximum absolute atomic E-state index is 10.7. The highest BCUT2D eigenvalue weighted by Gasteiger charge is 2.12. The number of aromatic carboxylic acids is 1. The Morgan fingerprint density at radius 1 is 1.19 bits per heavy atom. The molecule has 7 heteroatoms. The molecule has 0 bridgehead atoms. The second-order valence-electron chi connectivity index (χ2n) is 2.66. The van der Waals surface area contributed by atoms with Crippen LogP contribution in [0.25, 0.3) is 0 Å². The van der Waals surface area contributed by atoms with Gasteiger partial charge in [0.15, 0.2) is 0 Å². The van der Waals surface area contributed by atoms with Gasteiger partial charge >= 0.3 is 5.97 Å². The van der Waals surface area contributed by atoms with Crippen LogP contribution in [0.1, 0.15) is 17.3 Å². The van der Waals surface area contributed by atoms with E-state index in [9.17, 15) is 9.59 Å². The highest BCUT2D eigenvalue weighted by Crippen LogP contribution is 2.29. The van der Waals surface area contributed by atoms with E-state index in [4.69, 9.17) is 5.11 Å². The first kappa shape index (κ1) is 15.6. The molecular formula is C9H8Br3NO3. The lowest BCUT2D eigenvalue weighted by atomic mass is 10.2. The molecule has 0 radical (unpaired) electrons. The fourth-order valence-corrected chi connectivity index (χ4v) is 3.34. The van der Waals surface area contributed by atoms with Crippen molar-refractivity contribution < 1.29 is 14.7 Å². The zero-order valence-electron chi connectivity index (χ0n) is 8.13. The summed E-state index contributed by atoms with van der Waals surface area (Å²) in [6.45, 7) is 1.31. The van der Waals surface area contributed by atoms with Crippen molar-refractivity contribution in [3.05, 3.63) is 31.1 Å². The molecule has 4 nitrogen and oxygen atoms in total. The highest BCUT2D eigenvalue weighted by atomic mass is 79.9. The van der Waals surface area contributed by atoms with Gasteiger partial charge in [0.2, 0.25) is 5.91 Å². The van der Waals surface area contributed by atoms with Gasteiger partial charge in [-0.2, -0.15) is 0 Å². The number of halogens is 3. The second kappa shape index (κ2) is 7.03. The van der Waals surface area contributed by atoms with Gasteiger partial charge in [-0.25, -0.2) is 4.79 Å². The van der Waals surface area contributed by atoms with Crippen LogP contribution in [0.15, 0.2) is 25.6 Å². The van der Waals surface area contributed by atoms with E-state index < -0.39 is 5.97 Å². The molecule has 1 aromatic rings. The Balaban J connectivity index is 0.000000487. The lowest BCUT2D eigenvalue weighted by Gasteiger charge is -2.02. The number of benzene rings is 1. The van der Waals surface area contributed by atoms with Crippen molar-refractivity contribution in [1.82, 2.24) is 0 Å². The van der Waals surface area contributed by atoms with Gasteiger partial charge in [0, 0.05) is 20.3 Å². The van der Waals surface area contributed by atoms with Crippen LogP contribution >= 0.6 is 47.8 Å². The maximum Gasteiger partial charge on any atom is 0.337 e. The quantitative estimate of drug-likeness (QED) is 0.736. The van der Waals surface area contributed by atoms with E-state index >= 15 is 0 Å². The van der Waals surface area contributed by atoms with Crippen LogP contribution in [0.5, 0.6) is 0 Å². The van der Waals surface area contributed by atoms with Crippen molar-refractivity contribution in [1.29, 1.82) is 0 Å². The second-order valence-corrected chi connectivity index (χ2v) is 5.28. The van der Waals surface area contributed by atoms with Gasteiger partial charge in [0.05, 0.1) is 5.56 Å². The average Bonchev–Trinajstić information content (AvgIpc) is 1.98. The van der Waals surface area contributed by atoms with E-state index in [1.807, 2.05) is 0 Å². The summed E-state index contributed by atoms with van der Waals surface area (Å²) >= 11 is 9.56. The largest absolute Gasteiger partial charge is 0.478 e. The predicted molar refractivity (Wildman–Crippen MR) is 71.4 cm³/mol. The minimum absolute atomic E-state index is 0.234. The van der Waals surface area contributed by atoms with Gasteiger partial charge < -0.3 is 10.8 Å². The molecule has 0 atom stereocenters. The van der Waals surface area contributed by atoms with Crippen molar-refractivity contribution in [3.8, 4) is 0 Å². The molecule has 0 heterocycles. The highest BCUT2D eigenvalue weighted by molar-refractivity contribution is 9.11. The number of primary amides is 1. The summed E-state index contributed by atoms with van der Waals surface area (Å²) in [5, 5.41) is 8.76. The SMILES string of the molecule is CC(N)=O.O=C(O)c1c(Br)cc(Br)cc1Br. The Labute approximate surface area is 118 Å². The normalized spacial score (nSPS) is 9.00. The van der Waals surface area contributed by atoms with Gasteiger partial charge in [-0.3, -0.25) is 4.79 Å². The van der Waals surface area contributed by atoms with Crippen LogP contribution in [0.2, 0.25) is 0 Å². The van der Waals surface area contributed by atoms with Crippen molar-refractivity contribution in [2.45, 2.75) is 6.92 Å². The van der Waals surface area contributed by atoms with Crippen LogP contribution in [0.4, 0.5) is 0 Å². The molecule has 0 saturated carbocycles. The average molecular weight is 418 g/mol. The molecule has 1 amide bonds. The number of hydrogen-bond donors (Lipinski definition) is 2. The summed E-state index contributed by atoms with van der Waals surface area (Å²) in [6.07, 6.45) is 0. The lowest BCUT2D eigenvalue weighted by molar-refractivity contribution is -0.115. The molecule has 16 heavy (non-hydrogen) atoms. The minimum Gasteiger partial charge on any atom is -0.478 e. The van der Waals surface area contributed by atoms with Gasteiger partial charge in [0.25, 0.3) is 0 Å². The molecule has 0 fully saturated rings. The van der Waals surface area contributed by atoms with Crippen LogP contribution in [0.3, 0.4) is 0 Å². The fourth-order valence-electron chi connectivity index (χ4n) is 0.747. The Kier molecular flexibility index (Phi) is 6.85. The van der Waals surface area contributed by atoms with Crippen LogP contribution in [-0.4, -0.2) is 17.0 Å². The summed E-state index contributed by atoms with van der Waals surface area (Å²) in [4.78, 5) is 19.9. The summed E-state index contributed by atoms with van der Waals surface area (Å²) < 4.78 is 1.93. The summed E-state index contributed by atoms with van der Waals surface area (Å²) in [5.41, 5.74) is 4.71. The number of amides is 1. The van der Waals surface area contributed by atoms with E-state index in [0.29, 0.717) is 8.95 Å². The van der Waals surface area contributed by atoms with Crippen molar-refractivity contribution in [2.75, 3.05) is 0 Å². The molecule has 3 N–H and O–H groups in total. The van der Waals surface area contributed by atoms with E-state index in [0.717, 1.165) is 4.47 Å². The smallest absolute Gasteiger partial charge is 0.337 e. The van der Waals surface area contributed by atoms with Gasteiger partial charge in [-0.1, -0.05) is 15.9 Å². The van der Waals surface area contributed by atoms with Crippen LogP contribution in [0, 0.1) is 0 Å². The van der Waals surface area contributed by atoms with Gasteiger partial charge in [-0.05, 0) is 44.0 Å². The van der Waals surface area contributed by atoms with Crippen molar-refractivity contribution in [2.24, 2.45) is 5.73 Å². The van der Waals surface area contributed by atoms with Gasteiger partial charge in [-0.15, -0.1) is 0 Å². The molecule has 88 valence electrons. The van der Waals surface area contributed by atoms with Crippen LogP contribution < -0.4 is 5.73 Å². The zero-order valence-corrected chi connectivity index (χ0v) is 12.9. The monoisotopic (exact) mass is 415 g/mol. The molecule has 1 aromatic carbocycles. The van der Waals surface area contributed by atoms with E-state index in [2.05, 4.69) is 53.5 Å². The lowest BCUT2D eigenvalue weighted by Crippen LogP contribution is -2.01. The van der Waals surface area contributed by atoms with Crippen molar-refractivity contribution >= 4 is 59.7 Å². The molecule has 0 aromatic heterocycles. The van der Waals surface area contributed by atoms with Gasteiger partial charge in [0.1, 0.15) is 0 Å². The Morgan fingerprint density at radius 2 is 1.50 bits per heavy atom. The third kappa shape index (κ3) is 5.62. The standard InChI is InChI=1S/C7H3Br3O2.C2H5NO/c8-3-1-4(9)6(7(11)12)5(10)2-3;1-2(3)4/h1-2H,(H,11,12);1H3,(H2,3,4). The maximum atomic E-state index is 10.7. The number of nitrogens with two attached hydrogens (primary N) is 1. The first-order valence-corrected chi connectivity index (χ1v) is 6.27. The first-order chi connectivity index (χ1) is 7.25. The summed E-state index contributed by atoms with van der Waals surface area (Å²) in [5.74, 6) is -1.29. The number of rotatable bonds is 1. The zero-order chi connectivity index (χ0) is 12.9. The van der Waals surface area contributed by atoms with E-state index in [-0.39, 0.29) is 11.5 Å². The number of carbonyl (C=O) groups is 2. The Morgan fingerprint density at radius 3 is 1.75 bits per heavy atom. The molecule has 0 aliphatic rings. The first-order valence-electron chi connectivity index (χ1n) is 3.89. The van der Waals surface area contributed by atoms with E-state index in [1.54, 1.807) is 12.1 Å². The van der Waals surface area contributed by atoms with Crippen molar-refractivity contribution in [3.63, 3.8) is 0 Å². The molecule has 0 unspecified atom stereocenters. The number of hydrogen-bond acceptors (Lipinski definition) is 2. The minimum atomic E-state index is -0.957. The summed E-state index contributed by atoms with van der Waals surface area (Å²) in [7, 11) is 0. The molecule has 0 aliphatic carbocycles. The topological polar surface area (TPSA) is 80.4 Å². The number of carboxylic acids is 1. The number of carboxylic acid groups (broad SMARTS) is 1. The van der Waals surface area contributed by atoms with E-state index in [1.165, 1.54) is 6.92 Å². The third-order valence-electron chi connectivity index (χ3n) is 1.22. The molecule has 1 rings (SSSR count). The Hall–Kier alpha value is -0.400. The summed E-state index contributed by atoms with van der Waals surface area (Å²) in [6, 6.07) is 3.38.